The maximum absolute atomic E-state index is 15.1. The lowest BCUT2D eigenvalue weighted by Gasteiger charge is -2.30. The molecule has 1 aliphatic rings. The van der Waals surface area contributed by atoms with Crippen LogP contribution in [0.1, 0.15) is 26.2 Å². The highest BCUT2D eigenvalue weighted by atomic mass is 32.2. The predicted octanol–water partition coefficient (Wildman–Crippen LogP) is 6.76. The van der Waals surface area contributed by atoms with E-state index in [1.54, 1.807) is 18.2 Å². The van der Waals surface area contributed by atoms with E-state index in [1.807, 2.05) is 0 Å². The van der Waals surface area contributed by atoms with Crippen LogP contribution in [0, 0.1) is 11.7 Å². The number of methoxy groups -OCH3 is 2. The van der Waals surface area contributed by atoms with Crippen molar-refractivity contribution < 1.29 is 36.2 Å². The topological polar surface area (TPSA) is 90.4 Å². The summed E-state index contributed by atoms with van der Waals surface area (Å²) in [7, 11) is -1.74. The third kappa shape index (κ3) is 6.97. The van der Waals surface area contributed by atoms with Crippen molar-refractivity contribution in [3.05, 3.63) is 72.7 Å². The van der Waals surface area contributed by atoms with Crippen LogP contribution in [0.5, 0.6) is 28.7 Å². The Balaban J connectivity index is 1.30. The molecule has 0 radical (unpaired) electrons. The summed E-state index contributed by atoms with van der Waals surface area (Å²) in [4.78, 5) is 6.53. The molecular formula is C32H35F2N3O6S. The maximum atomic E-state index is 15.1. The molecule has 3 aromatic carbocycles. The third-order valence-electron chi connectivity index (χ3n) is 7.49. The lowest BCUT2D eigenvalue weighted by molar-refractivity contribution is 0.169. The van der Waals surface area contributed by atoms with Crippen molar-refractivity contribution in [3.8, 4) is 28.7 Å². The molecule has 0 bridgehead atoms. The summed E-state index contributed by atoms with van der Waals surface area (Å²) in [6, 6.07) is 13.3. The highest BCUT2D eigenvalue weighted by molar-refractivity contribution is 7.92. The lowest BCUT2D eigenvalue weighted by atomic mass is 10.0. The zero-order valence-electron chi connectivity index (χ0n) is 24.8. The molecule has 5 rings (SSSR count). The van der Waals surface area contributed by atoms with Gasteiger partial charge < -0.3 is 23.8 Å². The van der Waals surface area contributed by atoms with Crippen LogP contribution in [0.25, 0.3) is 10.9 Å². The monoisotopic (exact) mass is 627 g/mol. The van der Waals surface area contributed by atoms with Gasteiger partial charge in [0.15, 0.2) is 23.1 Å². The normalized spacial score (nSPS) is 15.6. The van der Waals surface area contributed by atoms with E-state index in [0.29, 0.717) is 29.0 Å². The van der Waals surface area contributed by atoms with Gasteiger partial charge in [0.25, 0.3) is 10.0 Å². The molecule has 2 heterocycles. The molecule has 9 nitrogen and oxygen atoms in total. The number of likely N-dealkylation sites (tertiary alicyclic amines) is 1. The van der Waals surface area contributed by atoms with Gasteiger partial charge in [-0.25, -0.2) is 4.39 Å². The number of nitrogens with zero attached hydrogens (tertiary/aromatic N) is 3. The second-order valence-electron chi connectivity index (χ2n) is 10.7. The molecule has 0 spiro atoms. The van der Waals surface area contributed by atoms with Gasteiger partial charge in [0.05, 0.1) is 36.9 Å². The molecule has 0 N–H and O–H groups in total. The van der Waals surface area contributed by atoms with Crippen molar-refractivity contribution in [2.45, 2.75) is 31.1 Å². The number of benzene rings is 3. The number of fused-ring (bicyclic) bond motifs is 1. The molecule has 12 heteroatoms. The summed E-state index contributed by atoms with van der Waals surface area (Å²) in [6.07, 6.45) is 4.90. The molecule has 0 aliphatic carbocycles. The zero-order valence-corrected chi connectivity index (χ0v) is 25.6. The fourth-order valence-corrected chi connectivity index (χ4v) is 6.33. The molecule has 44 heavy (non-hydrogen) atoms. The largest absolute Gasteiger partial charge is 0.497 e. The van der Waals surface area contributed by atoms with Crippen LogP contribution in [0.15, 0.2) is 71.8 Å². The van der Waals surface area contributed by atoms with E-state index in [4.69, 9.17) is 18.9 Å². The molecule has 1 aromatic heterocycles. The van der Waals surface area contributed by atoms with Crippen molar-refractivity contribution in [3.63, 3.8) is 0 Å². The van der Waals surface area contributed by atoms with Crippen LogP contribution < -0.4 is 23.5 Å². The van der Waals surface area contributed by atoms with Crippen LogP contribution in [0.3, 0.4) is 0 Å². The van der Waals surface area contributed by atoms with E-state index >= 15 is 8.87 Å². The minimum Gasteiger partial charge on any atom is -0.497 e. The number of hydrogen-bond donors (Lipinski definition) is 0. The minimum atomic E-state index is -4.63. The Hall–Kier alpha value is -4.16. The second-order valence-corrected chi connectivity index (χ2v) is 12.4. The van der Waals surface area contributed by atoms with Gasteiger partial charge in [-0.3, -0.25) is 4.98 Å². The van der Waals surface area contributed by atoms with Crippen molar-refractivity contribution >= 4 is 26.6 Å². The molecule has 1 saturated heterocycles. The number of halogens is 2. The minimum absolute atomic E-state index is 0.233. The van der Waals surface area contributed by atoms with Gasteiger partial charge in [0.1, 0.15) is 11.5 Å². The Kier molecular flexibility index (Phi) is 9.70. The second kappa shape index (κ2) is 13.6. The standard InChI is InChI=1S/C32H35F2N3O6S/c1-22-7-5-14-36(21-22)15-6-16-42-32-20-28-26(19-31(32)41-3)29(12-13-35-28)43-30-11-10-23(17-27(30)33)37(34)44(38,39)25-9-4-8-24(18-25)40-2/h4,8-13,17-20,22H,5-7,14-16,21H2,1-3H3. The fraction of sp³-hybridized carbons (Fsp3) is 0.344. The number of hydrogen-bond acceptors (Lipinski definition) is 8. The number of aromatic nitrogens is 1. The van der Waals surface area contributed by atoms with Gasteiger partial charge in [-0.15, -0.1) is 0 Å². The van der Waals surface area contributed by atoms with E-state index in [9.17, 15) is 8.42 Å². The summed E-state index contributed by atoms with van der Waals surface area (Å²) in [5.74, 6) is 1.02. The van der Waals surface area contributed by atoms with Gasteiger partial charge in [-0.1, -0.05) is 22.0 Å². The number of sulfonamides is 1. The fourth-order valence-electron chi connectivity index (χ4n) is 5.24. The third-order valence-corrected chi connectivity index (χ3v) is 8.98. The van der Waals surface area contributed by atoms with E-state index in [2.05, 4.69) is 16.8 Å². The van der Waals surface area contributed by atoms with Crippen molar-refractivity contribution in [2.75, 3.05) is 45.0 Å². The van der Waals surface area contributed by atoms with E-state index in [-0.39, 0.29) is 22.1 Å². The van der Waals surface area contributed by atoms with Crippen LogP contribution >= 0.6 is 0 Å². The summed E-state index contributed by atoms with van der Waals surface area (Å²) in [6.45, 7) is 6.00. The Bertz CT molecular complexity index is 1720. The van der Waals surface area contributed by atoms with Crippen LogP contribution in [-0.4, -0.2) is 58.8 Å². The van der Waals surface area contributed by atoms with Gasteiger partial charge in [-0.2, -0.15) is 8.42 Å². The lowest BCUT2D eigenvalue weighted by Crippen LogP contribution is -2.35. The first-order valence-corrected chi connectivity index (χ1v) is 15.8. The number of pyridine rings is 1. The smallest absolute Gasteiger partial charge is 0.290 e. The molecule has 1 aliphatic heterocycles. The average Bonchev–Trinajstić information content (AvgIpc) is 3.03. The predicted molar refractivity (Wildman–Crippen MR) is 163 cm³/mol. The van der Waals surface area contributed by atoms with Crippen molar-refractivity contribution in [1.29, 1.82) is 0 Å². The van der Waals surface area contributed by atoms with Crippen LogP contribution in [0.2, 0.25) is 0 Å². The zero-order chi connectivity index (χ0) is 31.3. The number of piperidine rings is 1. The van der Waals surface area contributed by atoms with E-state index in [1.165, 1.54) is 57.5 Å². The number of rotatable bonds is 12. The summed E-state index contributed by atoms with van der Waals surface area (Å²) < 4.78 is 77.8. The van der Waals surface area contributed by atoms with E-state index < -0.39 is 26.1 Å². The van der Waals surface area contributed by atoms with Gasteiger partial charge in [0, 0.05) is 42.9 Å². The highest BCUT2D eigenvalue weighted by Gasteiger charge is 2.27. The molecule has 0 amide bonds. The number of ether oxygens (including phenoxy) is 4. The maximum Gasteiger partial charge on any atom is 0.290 e. The first kappa shape index (κ1) is 31.3. The van der Waals surface area contributed by atoms with Crippen LogP contribution in [-0.2, 0) is 10.0 Å². The Morgan fingerprint density at radius 2 is 1.84 bits per heavy atom. The summed E-state index contributed by atoms with van der Waals surface area (Å²) >= 11 is 0. The molecule has 0 saturated carbocycles. The van der Waals surface area contributed by atoms with Gasteiger partial charge in [0.2, 0.25) is 0 Å². The molecule has 234 valence electrons. The SMILES string of the molecule is COc1cccc(S(=O)(=O)N(F)c2ccc(Oc3ccnc4cc(OCCCN5CCCC(C)C5)c(OC)cc34)c(F)c2)c1. The highest BCUT2D eigenvalue weighted by Crippen LogP contribution is 2.38. The van der Waals surface area contributed by atoms with E-state index in [0.717, 1.165) is 50.2 Å². The quantitative estimate of drug-likeness (QED) is 0.126. The molecule has 1 atom stereocenters. The van der Waals surface area contributed by atoms with Crippen LogP contribution in [0.4, 0.5) is 14.6 Å². The molecule has 1 unspecified atom stereocenters. The van der Waals surface area contributed by atoms with Gasteiger partial charge in [-0.05, 0) is 68.1 Å². The molecule has 4 aromatic rings. The Morgan fingerprint density at radius 1 is 1.00 bits per heavy atom. The average molecular weight is 628 g/mol. The Labute approximate surface area is 255 Å². The van der Waals surface area contributed by atoms with Gasteiger partial charge >= 0.3 is 0 Å². The molecule has 1 fully saturated rings. The van der Waals surface area contributed by atoms with Crippen molar-refractivity contribution in [2.24, 2.45) is 5.92 Å². The summed E-state index contributed by atoms with van der Waals surface area (Å²) in [5, 5.41) is 0.537. The Morgan fingerprint density at radius 3 is 2.59 bits per heavy atom. The first-order valence-electron chi connectivity index (χ1n) is 14.3. The van der Waals surface area contributed by atoms with Crippen molar-refractivity contribution in [1.82, 2.24) is 9.88 Å². The summed E-state index contributed by atoms with van der Waals surface area (Å²) in [5.41, 5.74) is 0.00927. The molecular weight excluding hydrogens is 592 g/mol. The number of anilines is 1. The first-order chi connectivity index (χ1) is 21.2.